The van der Waals surface area contributed by atoms with Crippen molar-refractivity contribution in [3.8, 4) is 5.75 Å². The third kappa shape index (κ3) is 7.99. The van der Waals surface area contributed by atoms with Crippen molar-refractivity contribution >= 4 is 57.8 Å². The molecule has 0 radical (unpaired) electrons. The van der Waals surface area contributed by atoms with E-state index in [4.69, 9.17) is 20.9 Å². The van der Waals surface area contributed by atoms with Crippen LogP contribution in [0.15, 0.2) is 52.8 Å². The Morgan fingerprint density at radius 3 is 2.67 bits per heavy atom. The van der Waals surface area contributed by atoms with Crippen LogP contribution >= 0.6 is 23.3 Å². The number of methoxy groups -OCH3 is 1. The Labute approximate surface area is 272 Å². The number of likely N-dealkylation sites (N-methyl/N-ethyl adjacent to an activating group) is 1. The maximum absolute atomic E-state index is 13.6. The molecule has 0 saturated carbocycles. The van der Waals surface area contributed by atoms with E-state index in [9.17, 15) is 23.6 Å². The fraction of sp³-hybridized carbons (Fsp3) is 0.393. The molecule has 246 valence electrons. The highest BCUT2D eigenvalue weighted by Crippen LogP contribution is 2.41. The van der Waals surface area contributed by atoms with Gasteiger partial charge in [-0.1, -0.05) is 23.4 Å². The van der Waals surface area contributed by atoms with Gasteiger partial charge < -0.3 is 35.6 Å². The van der Waals surface area contributed by atoms with Gasteiger partial charge in [0.1, 0.15) is 29.5 Å². The first-order valence-electron chi connectivity index (χ1n) is 13.9. The highest BCUT2D eigenvalue weighted by Gasteiger charge is 2.54. The quantitative estimate of drug-likeness (QED) is 0.0786. The standard InChI is InChI=1S/C28H33FN8O7S2/c1-4-37(2,12-19(30)38)11-5-6-17-14-45-26-21(32-24(39)20(34-44-15-29)23-33-28(31)46-35-23)25(40)36(26)22(17)27(41)43-13-16-7-9-18(42-3)10-8-16/h5-10,21,26H,4,11-15H2,1-3H3,(H4-,30,31,32,33,35,38,39)/p+1/b6-5+,34-20+/t21-,26-,37?/m1/s1/i19+2. The number of alkyl halides is 1. The maximum atomic E-state index is 13.6. The molecule has 3 amide bonds. The summed E-state index contributed by atoms with van der Waals surface area (Å²) in [6.45, 7) is 1.76. The zero-order chi connectivity index (χ0) is 33.4. The number of allylic oxidation sites excluding steroid dienone is 1. The molecule has 5 N–H and O–H groups in total. The summed E-state index contributed by atoms with van der Waals surface area (Å²) < 4.78 is 27.7. The number of nitrogens with zero attached hydrogens (tertiary/aromatic N) is 5. The van der Waals surface area contributed by atoms with Gasteiger partial charge in [0.2, 0.25) is 11.5 Å². The average molecular weight is 680 g/mol. The first-order chi connectivity index (χ1) is 22.0. The topological polar surface area (TPSA) is 201 Å². The summed E-state index contributed by atoms with van der Waals surface area (Å²) in [6.07, 6.45) is 3.56. The molecule has 0 bridgehead atoms. The summed E-state index contributed by atoms with van der Waals surface area (Å²) in [5, 5.41) is 5.40. The minimum Gasteiger partial charge on any atom is -0.497 e. The molecule has 15 nitrogen and oxygen atoms in total. The highest BCUT2D eigenvalue weighted by atomic mass is 32.2. The van der Waals surface area contributed by atoms with E-state index >= 15 is 0 Å². The number of nitrogens with two attached hydrogens (primary N) is 2. The minimum absolute atomic E-state index is 0.0354. The number of nitrogen functional groups attached to an aromatic ring is 1. The number of nitrogens with one attached hydrogen (secondary N) is 1. The first kappa shape index (κ1) is 34.3. The SMILES string of the molecule is CC[N+](C)(C/C=C/C1=C(C(=O)OCc2ccc(OC)cc2)N2C(=O)[C@@H](NC(=O)/C(=N/OCF)c3nsc(N)n3)[C@H]2SC1)C[14C](N)=O. The van der Waals surface area contributed by atoms with Crippen molar-refractivity contribution in [2.24, 2.45) is 10.9 Å². The number of hydrogen-bond acceptors (Lipinski definition) is 13. The lowest BCUT2D eigenvalue weighted by Gasteiger charge is -2.49. The molecule has 46 heavy (non-hydrogen) atoms. The molecule has 18 heteroatoms. The van der Waals surface area contributed by atoms with E-state index in [1.165, 1.54) is 16.7 Å². The molecule has 1 aromatic heterocycles. The van der Waals surface area contributed by atoms with Crippen LogP contribution < -0.4 is 21.5 Å². The Hall–Kier alpha value is -4.55. The lowest BCUT2D eigenvalue weighted by molar-refractivity contribution is -0.894. The number of carbonyl (C=O) groups is 4. The molecule has 3 atom stereocenters. The van der Waals surface area contributed by atoms with Gasteiger partial charge in [-0.2, -0.15) is 9.36 Å². The zero-order valence-corrected chi connectivity index (χ0v) is 26.9. The van der Waals surface area contributed by atoms with Crippen molar-refractivity contribution in [2.75, 3.05) is 52.1 Å². The largest absolute Gasteiger partial charge is 0.497 e. The number of benzene rings is 1. The number of amides is 3. The van der Waals surface area contributed by atoms with Crippen molar-refractivity contribution in [3.63, 3.8) is 0 Å². The van der Waals surface area contributed by atoms with Crippen molar-refractivity contribution in [2.45, 2.75) is 24.9 Å². The fourth-order valence-corrected chi connectivity index (χ4v) is 6.40. The van der Waals surface area contributed by atoms with Crippen LogP contribution in [0, 0.1) is 0 Å². The lowest BCUT2D eigenvalue weighted by atomic mass is 10.0. The third-order valence-electron chi connectivity index (χ3n) is 7.25. The molecule has 2 aliphatic heterocycles. The van der Waals surface area contributed by atoms with E-state index in [-0.39, 0.29) is 29.8 Å². The molecule has 1 unspecified atom stereocenters. The number of ether oxygens (including phenoxy) is 2. The number of thioether (sulfide) groups is 1. The number of aromatic nitrogens is 2. The predicted molar refractivity (Wildman–Crippen MR) is 168 cm³/mol. The second-order valence-electron chi connectivity index (χ2n) is 10.4. The number of quaternary nitrogens is 1. The summed E-state index contributed by atoms with van der Waals surface area (Å²) in [5.74, 6) is -1.90. The summed E-state index contributed by atoms with van der Waals surface area (Å²) in [5.41, 5.74) is 11.8. The van der Waals surface area contributed by atoms with Gasteiger partial charge in [0.15, 0.2) is 11.7 Å². The maximum Gasteiger partial charge on any atom is 0.355 e. The van der Waals surface area contributed by atoms with Crippen molar-refractivity contribution < 1.29 is 42.4 Å². The molecule has 4 rings (SSSR count). The van der Waals surface area contributed by atoms with Crippen molar-refractivity contribution in [3.05, 3.63) is 59.1 Å². The third-order valence-corrected chi connectivity index (χ3v) is 9.09. The molecular weight excluding hydrogens is 645 g/mol. The van der Waals surface area contributed by atoms with Gasteiger partial charge >= 0.3 is 5.97 Å². The minimum atomic E-state index is -1.31. The number of halogens is 1. The van der Waals surface area contributed by atoms with Crippen molar-refractivity contribution in [1.29, 1.82) is 0 Å². The summed E-state index contributed by atoms with van der Waals surface area (Å²) >= 11 is 2.11. The second-order valence-corrected chi connectivity index (χ2v) is 12.3. The van der Waals surface area contributed by atoms with Gasteiger partial charge in [-0.25, -0.2) is 9.18 Å². The van der Waals surface area contributed by atoms with Gasteiger partial charge in [0, 0.05) is 17.3 Å². The summed E-state index contributed by atoms with van der Waals surface area (Å²) in [6, 6.07) is 5.91. The van der Waals surface area contributed by atoms with Crippen LogP contribution in [0.5, 0.6) is 5.75 Å². The van der Waals surface area contributed by atoms with E-state index in [1.807, 2.05) is 20.0 Å². The summed E-state index contributed by atoms with van der Waals surface area (Å²) in [4.78, 5) is 61.3. The molecule has 2 aromatic rings. The number of rotatable bonds is 15. The number of β-lactam (4-membered cyclic amide) rings is 1. The van der Waals surface area contributed by atoms with E-state index in [2.05, 4.69) is 24.7 Å². The molecule has 0 aliphatic carbocycles. The van der Waals surface area contributed by atoms with Crippen LogP contribution in [0.4, 0.5) is 9.52 Å². The van der Waals surface area contributed by atoms with Gasteiger partial charge in [-0.05, 0) is 36.3 Å². The molecule has 3 heterocycles. The van der Waals surface area contributed by atoms with Crippen molar-refractivity contribution in [1.82, 2.24) is 19.6 Å². The van der Waals surface area contributed by atoms with Crippen LogP contribution in [0.3, 0.4) is 0 Å². The monoisotopic (exact) mass is 679 g/mol. The number of hydrogen-bond donors (Lipinski definition) is 3. The predicted octanol–water partition coefficient (Wildman–Crippen LogP) is 0.682. The molecule has 1 saturated heterocycles. The van der Waals surface area contributed by atoms with Crippen LogP contribution in [0.1, 0.15) is 18.3 Å². The fourth-order valence-electron chi connectivity index (χ4n) is 4.64. The van der Waals surface area contributed by atoms with Crippen LogP contribution in [-0.2, 0) is 35.4 Å². The number of esters is 1. The Morgan fingerprint density at radius 2 is 2.07 bits per heavy atom. The van der Waals surface area contributed by atoms with Crippen LogP contribution in [0.2, 0.25) is 0 Å². The number of oxime groups is 1. The van der Waals surface area contributed by atoms with Gasteiger partial charge in [-0.3, -0.25) is 19.3 Å². The molecule has 1 aromatic carbocycles. The Bertz CT molecular complexity index is 1560. The van der Waals surface area contributed by atoms with Gasteiger partial charge in [0.05, 0.1) is 27.2 Å². The Morgan fingerprint density at radius 1 is 1.33 bits per heavy atom. The Kier molecular flexibility index (Phi) is 11.3. The number of primary amides is 1. The summed E-state index contributed by atoms with van der Waals surface area (Å²) in [7, 11) is 3.43. The molecule has 2 aliphatic rings. The first-order valence-corrected chi connectivity index (χ1v) is 15.7. The van der Waals surface area contributed by atoms with E-state index < -0.39 is 47.7 Å². The van der Waals surface area contributed by atoms with Crippen LogP contribution in [0.25, 0.3) is 0 Å². The van der Waals surface area contributed by atoms with E-state index in [0.29, 0.717) is 40.2 Å². The number of anilines is 1. The normalized spacial score (nSPS) is 19.3. The number of carbonyl (C=O) groups excluding carboxylic acids is 4. The van der Waals surface area contributed by atoms with Gasteiger partial charge in [-0.15, -0.1) is 11.8 Å². The lowest BCUT2D eigenvalue weighted by Crippen LogP contribution is -2.71. The smallest absolute Gasteiger partial charge is 0.355 e. The molecule has 1 fully saturated rings. The highest BCUT2D eigenvalue weighted by molar-refractivity contribution is 8.00. The Balaban J connectivity index is 1.57. The van der Waals surface area contributed by atoms with E-state index in [1.54, 1.807) is 37.5 Å². The van der Waals surface area contributed by atoms with E-state index in [0.717, 1.165) is 11.5 Å². The molecular formula is C28H34FN8O7S2+. The van der Waals surface area contributed by atoms with Crippen LogP contribution in [-0.4, -0.2) is 106 Å². The number of fused-ring (bicyclic) bond motifs is 1. The average Bonchev–Trinajstić information content (AvgIpc) is 3.47. The molecule has 0 spiro atoms. The zero-order valence-electron chi connectivity index (χ0n) is 25.3. The van der Waals surface area contributed by atoms with Gasteiger partial charge in [0.25, 0.3) is 24.6 Å². The second kappa shape index (κ2) is 15.2.